The van der Waals surface area contributed by atoms with Gasteiger partial charge >= 0.3 is 0 Å². The van der Waals surface area contributed by atoms with Crippen molar-refractivity contribution in [2.75, 3.05) is 11.9 Å². The molecule has 0 saturated heterocycles. The van der Waals surface area contributed by atoms with E-state index in [-0.39, 0.29) is 11.9 Å². The third-order valence-electron chi connectivity index (χ3n) is 3.33. The lowest BCUT2D eigenvalue weighted by Gasteiger charge is -2.14. The van der Waals surface area contributed by atoms with Crippen LogP contribution in [0.4, 0.5) is 5.69 Å². The van der Waals surface area contributed by atoms with Gasteiger partial charge in [-0.3, -0.25) is 4.79 Å². The lowest BCUT2D eigenvalue weighted by atomic mass is 10.1. The van der Waals surface area contributed by atoms with Gasteiger partial charge in [0.2, 0.25) is 5.91 Å². The van der Waals surface area contributed by atoms with Gasteiger partial charge in [0.05, 0.1) is 15.7 Å². The molecule has 0 radical (unpaired) electrons. The number of anilines is 1. The number of amides is 1. The standard InChI is InChI=1S/C17H18Cl2N2O/c1-12(13-6-3-2-4-7-13)20-11-10-16(22)21-15-9-5-8-14(18)17(15)19/h2-9,12,20H,10-11H2,1H3,(H,21,22). The third kappa shape index (κ3) is 4.73. The Morgan fingerprint density at radius 3 is 2.55 bits per heavy atom. The van der Waals surface area contributed by atoms with Crippen LogP contribution in [0.3, 0.4) is 0 Å². The Morgan fingerprint density at radius 1 is 1.09 bits per heavy atom. The molecule has 5 heteroatoms. The predicted molar refractivity (Wildman–Crippen MR) is 92.6 cm³/mol. The van der Waals surface area contributed by atoms with Gasteiger partial charge in [0.1, 0.15) is 0 Å². The zero-order valence-electron chi connectivity index (χ0n) is 12.3. The normalized spacial score (nSPS) is 12.0. The second kappa shape index (κ2) is 8.18. The highest BCUT2D eigenvalue weighted by Gasteiger charge is 2.09. The summed E-state index contributed by atoms with van der Waals surface area (Å²) in [6.45, 7) is 2.65. The summed E-state index contributed by atoms with van der Waals surface area (Å²) in [5.41, 5.74) is 1.73. The number of rotatable bonds is 6. The molecule has 116 valence electrons. The van der Waals surface area contributed by atoms with Crippen molar-refractivity contribution < 1.29 is 4.79 Å². The fourth-order valence-electron chi connectivity index (χ4n) is 2.07. The summed E-state index contributed by atoms with van der Waals surface area (Å²) >= 11 is 12.0. The molecule has 2 aromatic carbocycles. The van der Waals surface area contributed by atoms with Crippen LogP contribution in [0.15, 0.2) is 48.5 Å². The van der Waals surface area contributed by atoms with Crippen LogP contribution in [0.1, 0.15) is 24.9 Å². The molecular formula is C17H18Cl2N2O. The van der Waals surface area contributed by atoms with E-state index in [9.17, 15) is 4.79 Å². The molecule has 0 fully saturated rings. The van der Waals surface area contributed by atoms with Gasteiger partial charge in [0.25, 0.3) is 0 Å². The topological polar surface area (TPSA) is 41.1 Å². The average Bonchev–Trinajstić information content (AvgIpc) is 2.52. The van der Waals surface area contributed by atoms with E-state index in [2.05, 4.69) is 29.7 Å². The third-order valence-corrected chi connectivity index (χ3v) is 4.15. The molecule has 1 amide bonds. The molecule has 3 nitrogen and oxygen atoms in total. The number of hydrogen-bond donors (Lipinski definition) is 2. The maximum Gasteiger partial charge on any atom is 0.225 e. The van der Waals surface area contributed by atoms with Crippen molar-refractivity contribution in [3.05, 3.63) is 64.1 Å². The predicted octanol–water partition coefficient (Wildman–Crippen LogP) is 4.67. The Balaban J connectivity index is 1.80. The number of halogens is 2. The molecule has 0 aliphatic rings. The van der Waals surface area contributed by atoms with Gasteiger partial charge < -0.3 is 10.6 Å². The Kier molecular flexibility index (Phi) is 6.25. The number of carbonyl (C=O) groups excluding carboxylic acids is 1. The van der Waals surface area contributed by atoms with Gasteiger partial charge in [0, 0.05) is 19.0 Å². The molecule has 0 aliphatic carbocycles. The first kappa shape index (κ1) is 16.8. The van der Waals surface area contributed by atoms with Crippen molar-refractivity contribution >= 4 is 34.8 Å². The fraction of sp³-hybridized carbons (Fsp3) is 0.235. The molecule has 2 aromatic rings. The number of benzene rings is 2. The van der Waals surface area contributed by atoms with Crippen molar-refractivity contribution in [2.45, 2.75) is 19.4 Å². The molecule has 0 bridgehead atoms. The van der Waals surface area contributed by atoms with Crippen LogP contribution in [-0.2, 0) is 4.79 Å². The summed E-state index contributed by atoms with van der Waals surface area (Å²) in [4.78, 5) is 11.9. The fourth-order valence-corrected chi connectivity index (χ4v) is 2.42. The number of carbonyl (C=O) groups is 1. The van der Waals surface area contributed by atoms with Crippen LogP contribution in [0.2, 0.25) is 10.0 Å². The van der Waals surface area contributed by atoms with Gasteiger partial charge in [-0.05, 0) is 24.6 Å². The first-order valence-electron chi connectivity index (χ1n) is 7.10. The van der Waals surface area contributed by atoms with Crippen LogP contribution in [0.25, 0.3) is 0 Å². The minimum Gasteiger partial charge on any atom is -0.325 e. The largest absolute Gasteiger partial charge is 0.325 e. The summed E-state index contributed by atoms with van der Waals surface area (Å²) in [6, 6.07) is 15.5. The highest BCUT2D eigenvalue weighted by atomic mass is 35.5. The van der Waals surface area contributed by atoms with Crippen molar-refractivity contribution in [2.24, 2.45) is 0 Å². The molecule has 0 heterocycles. The van der Waals surface area contributed by atoms with Gasteiger partial charge in [0.15, 0.2) is 0 Å². The highest BCUT2D eigenvalue weighted by Crippen LogP contribution is 2.29. The summed E-state index contributed by atoms with van der Waals surface area (Å²) in [7, 11) is 0. The first-order chi connectivity index (χ1) is 10.6. The minimum atomic E-state index is -0.100. The molecule has 22 heavy (non-hydrogen) atoms. The van der Waals surface area contributed by atoms with Crippen LogP contribution < -0.4 is 10.6 Å². The van der Waals surface area contributed by atoms with Crippen molar-refractivity contribution in [1.82, 2.24) is 5.32 Å². The monoisotopic (exact) mass is 336 g/mol. The molecule has 2 N–H and O–H groups in total. The maximum absolute atomic E-state index is 11.9. The summed E-state index contributed by atoms with van der Waals surface area (Å²) in [5.74, 6) is -0.100. The summed E-state index contributed by atoms with van der Waals surface area (Å²) in [6.07, 6.45) is 0.361. The average molecular weight is 337 g/mol. The van der Waals surface area contributed by atoms with E-state index >= 15 is 0 Å². The Hall–Kier alpha value is -1.55. The van der Waals surface area contributed by atoms with Gasteiger partial charge in [-0.25, -0.2) is 0 Å². The second-order valence-corrected chi connectivity index (χ2v) is 5.77. The Bertz CT molecular complexity index is 632. The Labute approximate surface area is 140 Å². The molecular weight excluding hydrogens is 319 g/mol. The zero-order chi connectivity index (χ0) is 15.9. The Morgan fingerprint density at radius 2 is 1.82 bits per heavy atom. The first-order valence-corrected chi connectivity index (χ1v) is 7.85. The van der Waals surface area contributed by atoms with Crippen molar-refractivity contribution in [1.29, 1.82) is 0 Å². The van der Waals surface area contributed by atoms with Crippen LogP contribution in [0, 0.1) is 0 Å². The van der Waals surface area contributed by atoms with E-state index in [1.807, 2.05) is 18.2 Å². The molecule has 1 unspecified atom stereocenters. The van der Waals surface area contributed by atoms with Crippen molar-refractivity contribution in [3.8, 4) is 0 Å². The van der Waals surface area contributed by atoms with E-state index in [1.54, 1.807) is 18.2 Å². The van der Waals surface area contributed by atoms with Crippen LogP contribution >= 0.6 is 23.2 Å². The molecule has 0 spiro atoms. The van der Waals surface area contributed by atoms with E-state index in [0.29, 0.717) is 28.7 Å². The molecule has 0 saturated carbocycles. The van der Waals surface area contributed by atoms with E-state index < -0.39 is 0 Å². The molecule has 0 aromatic heterocycles. The maximum atomic E-state index is 11.9. The summed E-state index contributed by atoms with van der Waals surface area (Å²) in [5, 5.41) is 6.88. The van der Waals surface area contributed by atoms with Gasteiger partial charge in [-0.1, -0.05) is 59.6 Å². The van der Waals surface area contributed by atoms with Crippen molar-refractivity contribution in [3.63, 3.8) is 0 Å². The van der Waals surface area contributed by atoms with E-state index in [0.717, 1.165) is 0 Å². The van der Waals surface area contributed by atoms with Gasteiger partial charge in [-0.15, -0.1) is 0 Å². The molecule has 0 aliphatic heterocycles. The summed E-state index contributed by atoms with van der Waals surface area (Å²) < 4.78 is 0. The number of nitrogens with one attached hydrogen (secondary N) is 2. The zero-order valence-corrected chi connectivity index (χ0v) is 13.8. The quantitative estimate of drug-likeness (QED) is 0.804. The molecule has 2 rings (SSSR count). The van der Waals surface area contributed by atoms with Crippen LogP contribution in [0.5, 0.6) is 0 Å². The SMILES string of the molecule is CC(NCCC(=O)Nc1cccc(Cl)c1Cl)c1ccccc1. The van der Waals surface area contributed by atoms with E-state index in [1.165, 1.54) is 5.56 Å². The van der Waals surface area contributed by atoms with E-state index in [4.69, 9.17) is 23.2 Å². The second-order valence-electron chi connectivity index (χ2n) is 4.99. The van der Waals surface area contributed by atoms with Crippen LogP contribution in [-0.4, -0.2) is 12.5 Å². The number of hydrogen-bond acceptors (Lipinski definition) is 2. The van der Waals surface area contributed by atoms with Gasteiger partial charge in [-0.2, -0.15) is 0 Å². The smallest absolute Gasteiger partial charge is 0.225 e. The molecule has 1 atom stereocenters. The minimum absolute atomic E-state index is 0.100. The lowest BCUT2D eigenvalue weighted by molar-refractivity contribution is -0.116. The highest BCUT2D eigenvalue weighted by molar-refractivity contribution is 6.43. The lowest BCUT2D eigenvalue weighted by Crippen LogP contribution is -2.24.